The van der Waals surface area contributed by atoms with Crippen molar-refractivity contribution in [2.24, 2.45) is 16.6 Å². The molecule has 1 fully saturated rings. The fourth-order valence-electron chi connectivity index (χ4n) is 3.28. The lowest BCUT2D eigenvalue weighted by Gasteiger charge is -2.30. The molecule has 0 bridgehead atoms. The second-order valence-corrected chi connectivity index (χ2v) is 7.02. The lowest BCUT2D eigenvalue weighted by atomic mass is 9.97. The maximum atomic E-state index is 6.04. The van der Waals surface area contributed by atoms with Gasteiger partial charge in [-0.1, -0.05) is 12.1 Å². The van der Waals surface area contributed by atoms with Crippen LogP contribution in [0, 0.1) is 19.8 Å². The van der Waals surface area contributed by atoms with Crippen molar-refractivity contribution in [1.29, 1.82) is 0 Å². The third-order valence-electron chi connectivity index (χ3n) is 5.03. The first kappa shape index (κ1) is 19.2. The summed E-state index contributed by atoms with van der Waals surface area (Å²) >= 11 is 0. The SMILES string of the molecule is COc1ccccc1NC(N)=NCC1CCN(Cc2nc(C)c(C)o2)CC1. The van der Waals surface area contributed by atoms with E-state index in [1.165, 1.54) is 0 Å². The molecule has 3 N–H and O–H groups in total. The molecule has 0 amide bonds. The zero-order valence-electron chi connectivity index (χ0n) is 16.4. The van der Waals surface area contributed by atoms with Crippen molar-refractivity contribution in [2.45, 2.75) is 33.2 Å². The highest BCUT2D eigenvalue weighted by Gasteiger charge is 2.20. The summed E-state index contributed by atoms with van der Waals surface area (Å²) in [6.45, 7) is 7.51. The largest absolute Gasteiger partial charge is 0.495 e. The van der Waals surface area contributed by atoms with E-state index in [9.17, 15) is 0 Å². The number of oxazole rings is 1. The van der Waals surface area contributed by atoms with Crippen molar-refractivity contribution in [1.82, 2.24) is 9.88 Å². The van der Waals surface area contributed by atoms with E-state index in [-0.39, 0.29) is 0 Å². The predicted octanol–water partition coefficient (Wildman–Crippen LogP) is 2.94. The molecule has 0 unspecified atom stereocenters. The quantitative estimate of drug-likeness (QED) is 0.599. The van der Waals surface area contributed by atoms with E-state index in [4.69, 9.17) is 14.9 Å². The average molecular weight is 371 g/mol. The maximum Gasteiger partial charge on any atom is 0.208 e. The number of anilines is 1. The van der Waals surface area contributed by atoms with Crippen molar-refractivity contribution in [3.05, 3.63) is 41.6 Å². The minimum absolute atomic E-state index is 0.424. The fourth-order valence-corrected chi connectivity index (χ4v) is 3.28. The van der Waals surface area contributed by atoms with E-state index in [2.05, 4.69) is 20.2 Å². The molecule has 0 spiro atoms. The number of hydrogen-bond acceptors (Lipinski definition) is 5. The Balaban J connectivity index is 1.45. The zero-order valence-corrected chi connectivity index (χ0v) is 16.4. The van der Waals surface area contributed by atoms with E-state index in [1.54, 1.807) is 7.11 Å². The summed E-state index contributed by atoms with van der Waals surface area (Å²) in [5.41, 5.74) is 7.85. The summed E-state index contributed by atoms with van der Waals surface area (Å²) in [5.74, 6) is 3.44. The topological polar surface area (TPSA) is 88.9 Å². The van der Waals surface area contributed by atoms with E-state index < -0.39 is 0 Å². The second kappa shape index (κ2) is 8.90. The standard InChI is InChI=1S/C20H29N5O2/c1-14-15(2)27-19(23-14)13-25-10-8-16(9-11-25)12-22-20(21)24-17-6-4-5-7-18(17)26-3/h4-7,16H,8-13H2,1-3H3,(H3,21,22,24). The third kappa shape index (κ3) is 5.23. The van der Waals surface area contributed by atoms with Gasteiger partial charge < -0.3 is 20.2 Å². The van der Waals surface area contributed by atoms with Crippen LogP contribution < -0.4 is 15.8 Å². The Morgan fingerprint density at radius 2 is 2.07 bits per heavy atom. The van der Waals surface area contributed by atoms with Gasteiger partial charge in [0.15, 0.2) is 5.96 Å². The molecule has 3 rings (SSSR count). The van der Waals surface area contributed by atoms with Crippen LogP contribution in [0.3, 0.4) is 0 Å². The van der Waals surface area contributed by atoms with Gasteiger partial charge in [-0.05, 0) is 57.8 Å². The number of rotatable bonds is 6. The minimum atomic E-state index is 0.424. The Morgan fingerprint density at radius 3 is 2.74 bits per heavy atom. The van der Waals surface area contributed by atoms with Crippen molar-refractivity contribution in [3.63, 3.8) is 0 Å². The number of nitrogens with zero attached hydrogens (tertiary/aromatic N) is 3. The Morgan fingerprint density at radius 1 is 1.33 bits per heavy atom. The van der Waals surface area contributed by atoms with Crippen LogP contribution in [0.2, 0.25) is 0 Å². The van der Waals surface area contributed by atoms with E-state index >= 15 is 0 Å². The van der Waals surface area contributed by atoms with Crippen LogP contribution in [0.5, 0.6) is 5.75 Å². The Bertz CT molecular complexity index is 759. The predicted molar refractivity (Wildman–Crippen MR) is 107 cm³/mol. The van der Waals surface area contributed by atoms with Crippen LogP contribution in [-0.2, 0) is 6.54 Å². The minimum Gasteiger partial charge on any atom is -0.495 e. The molecule has 7 heteroatoms. The molecule has 2 heterocycles. The Kier molecular flexibility index (Phi) is 6.34. The Labute approximate surface area is 160 Å². The first-order valence-corrected chi connectivity index (χ1v) is 9.40. The van der Waals surface area contributed by atoms with E-state index in [1.807, 2.05) is 38.1 Å². The second-order valence-electron chi connectivity index (χ2n) is 7.02. The van der Waals surface area contributed by atoms with Crippen molar-refractivity contribution >= 4 is 11.6 Å². The number of guanidine groups is 1. The number of ether oxygens (including phenoxy) is 1. The smallest absolute Gasteiger partial charge is 0.208 e. The van der Waals surface area contributed by atoms with Crippen LogP contribution in [0.25, 0.3) is 0 Å². The summed E-state index contributed by atoms with van der Waals surface area (Å²) in [5, 5.41) is 3.12. The number of aromatic nitrogens is 1. The molecule has 0 atom stereocenters. The molecule has 27 heavy (non-hydrogen) atoms. The Hall–Kier alpha value is -2.54. The van der Waals surface area contributed by atoms with Gasteiger partial charge >= 0.3 is 0 Å². The number of aliphatic imine (C=N–C) groups is 1. The number of nitrogens with one attached hydrogen (secondary N) is 1. The third-order valence-corrected chi connectivity index (χ3v) is 5.03. The molecular formula is C20H29N5O2. The first-order chi connectivity index (χ1) is 13.0. The van der Waals surface area contributed by atoms with Gasteiger partial charge in [0.05, 0.1) is 25.0 Å². The summed E-state index contributed by atoms with van der Waals surface area (Å²) in [4.78, 5) is 11.4. The maximum absolute atomic E-state index is 6.04. The van der Waals surface area contributed by atoms with Gasteiger partial charge in [0, 0.05) is 6.54 Å². The van der Waals surface area contributed by atoms with E-state index in [0.29, 0.717) is 11.9 Å². The monoisotopic (exact) mass is 371 g/mol. The molecule has 2 aromatic rings. The molecule has 1 aromatic carbocycles. The van der Waals surface area contributed by atoms with Crippen LogP contribution in [0.4, 0.5) is 5.69 Å². The number of piperidine rings is 1. The van der Waals surface area contributed by atoms with Gasteiger partial charge in [-0.25, -0.2) is 4.98 Å². The summed E-state index contributed by atoms with van der Waals surface area (Å²) in [6.07, 6.45) is 2.20. The molecule has 146 valence electrons. The molecular weight excluding hydrogens is 342 g/mol. The van der Waals surface area contributed by atoms with Gasteiger partial charge in [0.1, 0.15) is 11.5 Å². The number of hydrogen-bond donors (Lipinski definition) is 2. The van der Waals surface area contributed by atoms with Crippen molar-refractivity contribution in [3.8, 4) is 5.75 Å². The van der Waals surface area contributed by atoms with Crippen LogP contribution in [-0.4, -0.2) is 42.6 Å². The van der Waals surface area contributed by atoms with Crippen LogP contribution in [0.15, 0.2) is 33.7 Å². The van der Waals surface area contributed by atoms with Crippen LogP contribution >= 0.6 is 0 Å². The normalized spacial score (nSPS) is 16.5. The number of nitrogens with two attached hydrogens (primary N) is 1. The van der Waals surface area contributed by atoms with Gasteiger partial charge in [-0.2, -0.15) is 0 Å². The number of benzene rings is 1. The molecule has 0 aliphatic carbocycles. The van der Waals surface area contributed by atoms with Gasteiger partial charge in [0.25, 0.3) is 0 Å². The molecule has 1 aromatic heterocycles. The summed E-state index contributed by atoms with van der Waals surface area (Å²) < 4.78 is 11.0. The highest BCUT2D eigenvalue weighted by molar-refractivity contribution is 5.93. The van der Waals surface area contributed by atoms with Gasteiger partial charge in [-0.3, -0.25) is 9.89 Å². The first-order valence-electron chi connectivity index (χ1n) is 9.40. The lowest BCUT2D eigenvalue weighted by molar-refractivity contribution is 0.166. The fraction of sp³-hybridized carbons (Fsp3) is 0.500. The molecule has 7 nitrogen and oxygen atoms in total. The average Bonchev–Trinajstić information content (AvgIpc) is 2.98. The summed E-state index contributed by atoms with van der Waals surface area (Å²) in [6, 6.07) is 7.67. The number of likely N-dealkylation sites (tertiary alicyclic amines) is 1. The highest BCUT2D eigenvalue weighted by Crippen LogP contribution is 2.23. The van der Waals surface area contributed by atoms with Gasteiger partial charge in [0.2, 0.25) is 5.89 Å². The number of para-hydroxylation sites is 2. The number of methoxy groups -OCH3 is 1. The molecule has 0 saturated carbocycles. The highest BCUT2D eigenvalue weighted by atomic mass is 16.5. The number of aryl methyl sites for hydroxylation is 2. The van der Waals surface area contributed by atoms with Crippen molar-refractivity contribution in [2.75, 3.05) is 32.1 Å². The summed E-state index contributed by atoms with van der Waals surface area (Å²) in [7, 11) is 1.64. The molecule has 1 aliphatic rings. The molecule has 1 aliphatic heterocycles. The van der Waals surface area contributed by atoms with Crippen molar-refractivity contribution < 1.29 is 9.15 Å². The molecule has 1 saturated heterocycles. The molecule has 0 radical (unpaired) electrons. The zero-order chi connectivity index (χ0) is 19.2. The van der Waals surface area contributed by atoms with E-state index in [0.717, 1.165) is 67.8 Å². The van der Waals surface area contributed by atoms with Crippen LogP contribution in [0.1, 0.15) is 30.2 Å². The van der Waals surface area contributed by atoms with Gasteiger partial charge in [-0.15, -0.1) is 0 Å². The lowest BCUT2D eigenvalue weighted by Crippen LogP contribution is -2.34.